The van der Waals surface area contributed by atoms with Gasteiger partial charge in [0.25, 0.3) is 0 Å². The molecule has 0 unspecified atom stereocenters. The second kappa shape index (κ2) is 6.52. The lowest BCUT2D eigenvalue weighted by atomic mass is 9.79. The lowest BCUT2D eigenvalue weighted by molar-refractivity contribution is -0.139. The number of carbonyl (C=O) groups is 1. The van der Waals surface area contributed by atoms with E-state index in [-0.39, 0.29) is 11.3 Å². The smallest absolute Gasteiger partial charge is 0.225 e. The molecule has 1 aliphatic carbocycles. The summed E-state index contributed by atoms with van der Waals surface area (Å²) in [7, 11) is 0. The minimum atomic E-state index is -0.748. The number of likely N-dealkylation sites (tertiary alicyclic amines) is 1. The first-order valence-corrected chi connectivity index (χ1v) is 9.65. The molecule has 1 saturated heterocycles. The van der Waals surface area contributed by atoms with Gasteiger partial charge in [-0.25, -0.2) is 4.98 Å². The average Bonchev–Trinajstić information content (AvgIpc) is 2.95. The van der Waals surface area contributed by atoms with Gasteiger partial charge in [0.05, 0.1) is 17.0 Å². The lowest BCUT2D eigenvalue weighted by Crippen LogP contribution is -2.46. The van der Waals surface area contributed by atoms with Crippen LogP contribution < -0.4 is 0 Å². The summed E-state index contributed by atoms with van der Waals surface area (Å²) in [6.45, 7) is 5.92. The summed E-state index contributed by atoms with van der Waals surface area (Å²) >= 11 is 1.78. The molecule has 2 aliphatic rings. The second-order valence-corrected chi connectivity index (χ2v) is 8.91. The molecule has 1 aromatic rings. The number of carbonyl (C=O) groups excluding carboxylic acids is 1. The summed E-state index contributed by atoms with van der Waals surface area (Å²) in [6, 6.07) is 0. The predicted octanol–water partition coefficient (Wildman–Crippen LogP) is 3.42. The van der Waals surface area contributed by atoms with Gasteiger partial charge in [-0.15, -0.1) is 11.3 Å². The van der Waals surface area contributed by atoms with Crippen LogP contribution in [-0.2, 0) is 10.2 Å². The van der Waals surface area contributed by atoms with Gasteiger partial charge in [-0.3, -0.25) is 4.79 Å². The van der Waals surface area contributed by atoms with Crippen LogP contribution >= 0.6 is 11.3 Å². The van der Waals surface area contributed by atoms with Crippen molar-refractivity contribution in [1.82, 2.24) is 9.88 Å². The van der Waals surface area contributed by atoms with Crippen LogP contribution in [0.15, 0.2) is 6.20 Å². The number of nitrogens with zero attached hydrogens (tertiary/aromatic N) is 2. The highest BCUT2D eigenvalue weighted by Crippen LogP contribution is 2.38. The number of aromatic nitrogens is 1. The van der Waals surface area contributed by atoms with E-state index >= 15 is 0 Å². The van der Waals surface area contributed by atoms with Crippen molar-refractivity contribution in [3.63, 3.8) is 0 Å². The fourth-order valence-electron chi connectivity index (χ4n) is 3.88. The number of aliphatic hydroxyl groups is 1. The molecule has 1 saturated carbocycles. The molecule has 1 aliphatic heterocycles. The van der Waals surface area contributed by atoms with Crippen LogP contribution in [0.2, 0.25) is 0 Å². The summed E-state index contributed by atoms with van der Waals surface area (Å²) in [5, 5.41) is 11.8. The molecule has 1 amide bonds. The van der Waals surface area contributed by atoms with Crippen LogP contribution in [0.1, 0.15) is 68.2 Å². The number of hydrogen-bond donors (Lipinski definition) is 1. The Morgan fingerprint density at radius 1 is 1.26 bits per heavy atom. The molecule has 4 nitrogen and oxygen atoms in total. The van der Waals surface area contributed by atoms with Crippen molar-refractivity contribution in [3.8, 4) is 0 Å². The van der Waals surface area contributed by atoms with Gasteiger partial charge in [0.1, 0.15) is 0 Å². The third-order valence-corrected chi connectivity index (χ3v) is 6.84. The minimum Gasteiger partial charge on any atom is -0.389 e. The van der Waals surface area contributed by atoms with E-state index in [9.17, 15) is 9.90 Å². The Balaban J connectivity index is 1.57. The Bertz CT molecular complexity index is 555. The lowest BCUT2D eigenvalue weighted by Gasteiger charge is -2.40. The molecule has 3 rings (SSSR count). The van der Waals surface area contributed by atoms with E-state index in [1.807, 2.05) is 11.1 Å². The Labute approximate surface area is 142 Å². The summed E-state index contributed by atoms with van der Waals surface area (Å²) in [5.41, 5.74) is -0.653. The highest BCUT2D eigenvalue weighted by atomic mass is 32.1. The topological polar surface area (TPSA) is 53.4 Å². The number of piperidine rings is 1. The summed E-state index contributed by atoms with van der Waals surface area (Å²) < 4.78 is 0. The zero-order chi connectivity index (χ0) is 16.5. The fourth-order valence-corrected chi connectivity index (χ4v) is 4.84. The number of thiazole rings is 1. The van der Waals surface area contributed by atoms with E-state index in [1.54, 1.807) is 11.3 Å². The SMILES string of the molecule is Cc1cnc(C2(C)CCN(C(=O)CC3(O)CCCCC3)CC2)s1. The minimum absolute atomic E-state index is 0.0947. The molecule has 5 heteroatoms. The quantitative estimate of drug-likeness (QED) is 0.920. The Morgan fingerprint density at radius 3 is 2.48 bits per heavy atom. The zero-order valence-corrected chi connectivity index (χ0v) is 15.1. The van der Waals surface area contributed by atoms with E-state index in [0.29, 0.717) is 6.42 Å². The standard InChI is InChI=1S/C18H28N2O2S/c1-14-13-19-16(23-14)17(2)8-10-20(11-9-17)15(21)12-18(22)6-4-3-5-7-18/h13,22H,3-12H2,1-2H3. The first-order valence-electron chi connectivity index (χ1n) is 8.83. The van der Waals surface area contributed by atoms with Crippen LogP contribution in [0, 0.1) is 6.92 Å². The van der Waals surface area contributed by atoms with Crippen molar-refractivity contribution in [1.29, 1.82) is 0 Å². The number of rotatable bonds is 3. The highest BCUT2D eigenvalue weighted by molar-refractivity contribution is 7.11. The summed E-state index contributed by atoms with van der Waals surface area (Å²) in [5.74, 6) is 0.131. The second-order valence-electron chi connectivity index (χ2n) is 7.68. The van der Waals surface area contributed by atoms with E-state index in [1.165, 1.54) is 16.3 Å². The first-order chi connectivity index (χ1) is 10.9. The summed E-state index contributed by atoms with van der Waals surface area (Å²) in [6.07, 6.45) is 9.02. The van der Waals surface area contributed by atoms with Crippen molar-refractivity contribution in [2.75, 3.05) is 13.1 Å². The molecule has 1 aromatic heterocycles. The zero-order valence-electron chi connectivity index (χ0n) is 14.3. The molecular formula is C18H28N2O2S. The van der Waals surface area contributed by atoms with Crippen molar-refractivity contribution in [2.24, 2.45) is 0 Å². The molecule has 23 heavy (non-hydrogen) atoms. The van der Waals surface area contributed by atoms with Gasteiger partial charge in [-0.2, -0.15) is 0 Å². The van der Waals surface area contributed by atoms with E-state index in [4.69, 9.17) is 0 Å². The van der Waals surface area contributed by atoms with Gasteiger partial charge >= 0.3 is 0 Å². The molecule has 0 atom stereocenters. The van der Waals surface area contributed by atoms with E-state index in [0.717, 1.165) is 51.6 Å². The van der Waals surface area contributed by atoms with Crippen molar-refractivity contribution in [2.45, 2.75) is 76.2 Å². The molecule has 0 spiro atoms. The molecule has 0 aromatic carbocycles. The van der Waals surface area contributed by atoms with E-state index < -0.39 is 5.60 Å². The number of amides is 1. The Hall–Kier alpha value is -0.940. The molecule has 0 bridgehead atoms. The van der Waals surface area contributed by atoms with E-state index in [2.05, 4.69) is 18.8 Å². The third-order valence-electron chi connectivity index (χ3n) is 5.62. The van der Waals surface area contributed by atoms with Crippen LogP contribution in [0.3, 0.4) is 0 Å². The normalized spacial score (nSPS) is 23.7. The van der Waals surface area contributed by atoms with Gasteiger partial charge in [0.15, 0.2) is 0 Å². The molecular weight excluding hydrogens is 308 g/mol. The average molecular weight is 337 g/mol. The molecule has 0 radical (unpaired) electrons. The number of hydrogen-bond acceptors (Lipinski definition) is 4. The van der Waals surface area contributed by atoms with Crippen LogP contribution in [0.5, 0.6) is 0 Å². The maximum atomic E-state index is 12.6. The van der Waals surface area contributed by atoms with Gasteiger partial charge in [0, 0.05) is 29.6 Å². The van der Waals surface area contributed by atoms with Gasteiger partial charge in [-0.05, 0) is 32.6 Å². The van der Waals surface area contributed by atoms with Gasteiger partial charge in [0.2, 0.25) is 5.91 Å². The third kappa shape index (κ3) is 3.77. The maximum Gasteiger partial charge on any atom is 0.225 e. The maximum absolute atomic E-state index is 12.6. The first kappa shape index (κ1) is 16.9. The largest absolute Gasteiger partial charge is 0.389 e. The van der Waals surface area contributed by atoms with Gasteiger partial charge in [-0.1, -0.05) is 26.2 Å². The molecule has 1 N–H and O–H groups in total. The fraction of sp³-hybridized carbons (Fsp3) is 0.778. The monoisotopic (exact) mass is 336 g/mol. The van der Waals surface area contributed by atoms with Crippen molar-refractivity contribution < 1.29 is 9.90 Å². The van der Waals surface area contributed by atoms with Crippen LogP contribution in [-0.4, -0.2) is 39.6 Å². The number of aryl methyl sites for hydroxylation is 1. The van der Waals surface area contributed by atoms with Crippen molar-refractivity contribution >= 4 is 17.2 Å². The molecule has 2 fully saturated rings. The summed E-state index contributed by atoms with van der Waals surface area (Å²) in [4.78, 5) is 20.3. The molecule has 2 heterocycles. The Morgan fingerprint density at radius 2 is 1.91 bits per heavy atom. The van der Waals surface area contributed by atoms with Crippen LogP contribution in [0.25, 0.3) is 0 Å². The highest BCUT2D eigenvalue weighted by Gasteiger charge is 2.38. The predicted molar refractivity (Wildman–Crippen MR) is 92.7 cm³/mol. The molecule has 128 valence electrons. The van der Waals surface area contributed by atoms with Crippen molar-refractivity contribution in [3.05, 3.63) is 16.1 Å². The Kier molecular flexibility index (Phi) is 4.79. The van der Waals surface area contributed by atoms with Gasteiger partial charge < -0.3 is 10.0 Å². The van der Waals surface area contributed by atoms with Crippen LogP contribution in [0.4, 0.5) is 0 Å².